The topological polar surface area (TPSA) is 61.4 Å². The molecule has 2 aromatic carbocycles. The van der Waals surface area contributed by atoms with Gasteiger partial charge >= 0.3 is 0 Å². The molecule has 7 heteroatoms. The molecule has 2 N–H and O–H groups in total. The molecule has 0 radical (unpaired) electrons. The van der Waals surface area contributed by atoms with Gasteiger partial charge in [0, 0.05) is 35.4 Å². The average Bonchev–Trinajstić information content (AvgIpc) is 2.57. The van der Waals surface area contributed by atoms with Crippen molar-refractivity contribution in [2.24, 2.45) is 0 Å². The molecule has 0 aliphatic rings. The first-order chi connectivity index (χ1) is 11.9. The molecule has 0 aliphatic carbocycles. The minimum Gasteiger partial charge on any atom is -0.355 e. The SMILES string of the molecule is CNC(=O)c1cccc(NC(=O)CN(C)Cc2c(F)cccc2Cl)c1. The minimum atomic E-state index is -0.405. The smallest absolute Gasteiger partial charge is 0.251 e. The number of hydrogen-bond acceptors (Lipinski definition) is 3. The van der Waals surface area contributed by atoms with Gasteiger partial charge in [-0.3, -0.25) is 14.5 Å². The first kappa shape index (κ1) is 18.9. The molecule has 0 heterocycles. The Morgan fingerprint density at radius 3 is 2.60 bits per heavy atom. The number of anilines is 1. The number of carbonyl (C=O) groups excluding carboxylic acids is 2. The number of nitrogens with one attached hydrogen (secondary N) is 2. The fourth-order valence-electron chi connectivity index (χ4n) is 2.34. The van der Waals surface area contributed by atoms with E-state index in [-0.39, 0.29) is 24.9 Å². The molecule has 2 amide bonds. The third-order valence-corrected chi connectivity index (χ3v) is 3.89. The van der Waals surface area contributed by atoms with Crippen LogP contribution in [0.15, 0.2) is 42.5 Å². The molecule has 0 aliphatic heterocycles. The van der Waals surface area contributed by atoms with Gasteiger partial charge in [0.15, 0.2) is 0 Å². The molecule has 0 unspecified atom stereocenters. The highest BCUT2D eigenvalue weighted by atomic mass is 35.5. The van der Waals surface area contributed by atoms with E-state index in [0.29, 0.717) is 21.8 Å². The van der Waals surface area contributed by atoms with Crippen molar-refractivity contribution in [2.75, 3.05) is 26.0 Å². The maximum atomic E-state index is 13.8. The zero-order valence-electron chi connectivity index (χ0n) is 14.0. The van der Waals surface area contributed by atoms with Crippen LogP contribution in [0.3, 0.4) is 0 Å². The van der Waals surface area contributed by atoms with Crippen LogP contribution >= 0.6 is 11.6 Å². The summed E-state index contributed by atoms with van der Waals surface area (Å²) in [6.07, 6.45) is 0. The number of hydrogen-bond donors (Lipinski definition) is 2. The van der Waals surface area contributed by atoms with Crippen LogP contribution in [0.4, 0.5) is 10.1 Å². The van der Waals surface area contributed by atoms with Crippen molar-refractivity contribution < 1.29 is 14.0 Å². The monoisotopic (exact) mass is 363 g/mol. The van der Waals surface area contributed by atoms with Crippen molar-refractivity contribution >= 4 is 29.1 Å². The number of halogens is 2. The van der Waals surface area contributed by atoms with E-state index in [0.717, 1.165) is 0 Å². The standard InChI is InChI=1S/C18H19ClFN3O2/c1-21-18(25)12-5-3-6-13(9-12)22-17(24)11-23(2)10-14-15(19)7-4-8-16(14)20/h3-9H,10-11H2,1-2H3,(H,21,25)(H,22,24). The van der Waals surface area contributed by atoms with Crippen LogP contribution in [0.25, 0.3) is 0 Å². The molecular weight excluding hydrogens is 345 g/mol. The van der Waals surface area contributed by atoms with Gasteiger partial charge in [-0.05, 0) is 37.4 Å². The summed E-state index contributed by atoms with van der Waals surface area (Å²) in [5.41, 5.74) is 1.32. The summed E-state index contributed by atoms with van der Waals surface area (Å²) in [5.74, 6) is -0.913. The summed E-state index contributed by atoms with van der Waals surface area (Å²) in [4.78, 5) is 25.4. The van der Waals surface area contributed by atoms with E-state index in [1.165, 1.54) is 19.2 Å². The number of carbonyl (C=O) groups is 2. The van der Waals surface area contributed by atoms with E-state index < -0.39 is 5.82 Å². The normalized spacial score (nSPS) is 10.6. The number of rotatable bonds is 6. The lowest BCUT2D eigenvalue weighted by atomic mass is 10.2. The Balaban J connectivity index is 1.97. The van der Waals surface area contributed by atoms with Crippen LogP contribution in [0.5, 0.6) is 0 Å². The predicted molar refractivity (Wildman–Crippen MR) is 96.2 cm³/mol. The second kappa shape index (κ2) is 8.60. The summed E-state index contributed by atoms with van der Waals surface area (Å²) < 4.78 is 13.8. The lowest BCUT2D eigenvalue weighted by Gasteiger charge is -2.17. The average molecular weight is 364 g/mol. The van der Waals surface area contributed by atoms with Gasteiger partial charge in [0.1, 0.15) is 5.82 Å². The lowest BCUT2D eigenvalue weighted by molar-refractivity contribution is -0.117. The van der Waals surface area contributed by atoms with Gasteiger partial charge < -0.3 is 10.6 Å². The van der Waals surface area contributed by atoms with Crippen LogP contribution in [0, 0.1) is 5.82 Å². The molecule has 0 aromatic heterocycles. The van der Waals surface area contributed by atoms with Crippen LogP contribution in [0.2, 0.25) is 5.02 Å². The zero-order valence-corrected chi connectivity index (χ0v) is 14.7. The second-order valence-electron chi connectivity index (χ2n) is 5.58. The maximum Gasteiger partial charge on any atom is 0.251 e. The van der Waals surface area contributed by atoms with Gasteiger partial charge in [0.05, 0.1) is 6.54 Å². The molecule has 2 rings (SSSR count). The lowest BCUT2D eigenvalue weighted by Crippen LogP contribution is -2.30. The quantitative estimate of drug-likeness (QED) is 0.829. The Kier molecular flexibility index (Phi) is 6.50. The fraction of sp³-hybridized carbons (Fsp3) is 0.222. The number of benzene rings is 2. The fourth-order valence-corrected chi connectivity index (χ4v) is 2.56. The van der Waals surface area contributed by atoms with E-state index >= 15 is 0 Å². The number of nitrogens with zero attached hydrogens (tertiary/aromatic N) is 1. The minimum absolute atomic E-state index is 0.0505. The van der Waals surface area contributed by atoms with Gasteiger partial charge in [-0.1, -0.05) is 23.7 Å². The van der Waals surface area contributed by atoms with Crippen LogP contribution < -0.4 is 10.6 Å². The van der Waals surface area contributed by atoms with Gasteiger partial charge in [0.25, 0.3) is 5.91 Å². The molecule has 0 spiro atoms. The van der Waals surface area contributed by atoms with Crippen LogP contribution in [0.1, 0.15) is 15.9 Å². The molecule has 132 valence electrons. The van der Waals surface area contributed by atoms with Crippen molar-refractivity contribution in [3.8, 4) is 0 Å². The highest BCUT2D eigenvalue weighted by Crippen LogP contribution is 2.20. The van der Waals surface area contributed by atoms with Gasteiger partial charge in [-0.15, -0.1) is 0 Å². The third-order valence-electron chi connectivity index (χ3n) is 3.54. The summed E-state index contributed by atoms with van der Waals surface area (Å²) in [6.45, 7) is 0.256. The van der Waals surface area contributed by atoms with E-state index in [9.17, 15) is 14.0 Å². The van der Waals surface area contributed by atoms with Crippen LogP contribution in [-0.4, -0.2) is 37.4 Å². The van der Waals surface area contributed by atoms with E-state index in [4.69, 9.17) is 11.6 Å². The summed E-state index contributed by atoms with van der Waals surface area (Å²) in [7, 11) is 3.24. The summed E-state index contributed by atoms with van der Waals surface area (Å²) in [6, 6.07) is 11.1. The Bertz CT molecular complexity index is 762. The Morgan fingerprint density at radius 1 is 1.20 bits per heavy atom. The highest BCUT2D eigenvalue weighted by Gasteiger charge is 2.13. The van der Waals surface area contributed by atoms with E-state index in [2.05, 4.69) is 10.6 Å². The highest BCUT2D eigenvalue weighted by molar-refractivity contribution is 6.31. The van der Waals surface area contributed by atoms with Gasteiger partial charge in [-0.25, -0.2) is 4.39 Å². The van der Waals surface area contributed by atoms with Crippen molar-refractivity contribution in [2.45, 2.75) is 6.54 Å². The molecule has 0 saturated heterocycles. The van der Waals surface area contributed by atoms with Gasteiger partial charge in [0.2, 0.25) is 5.91 Å². The maximum absolute atomic E-state index is 13.8. The zero-order chi connectivity index (χ0) is 18.4. The van der Waals surface area contributed by atoms with Crippen molar-refractivity contribution in [3.63, 3.8) is 0 Å². The Labute approximate surface area is 150 Å². The molecule has 0 saturated carbocycles. The van der Waals surface area contributed by atoms with Crippen molar-refractivity contribution in [1.29, 1.82) is 0 Å². The van der Waals surface area contributed by atoms with Crippen molar-refractivity contribution in [3.05, 3.63) is 64.4 Å². The number of amides is 2. The van der Waals surface area contributed by atoms with E-state index in [1.54, 1.807) is 42.3 Å². The summed E-state index contributed by atoms with van der Waals surface area (Å²) in [5, 5.41) is 5.57. The number of likely N-dealkylation sites (N-methyl/N-ethyl adjacent to an activating group) is 1. The Hall–Kier alpha value is -2.44. The molecule has 5 nitrogen and oxygen atoms in total. The van der Waals surface area contributed by atoms with Crippen LogP contribution in [-0.2, 0) is 11.3 Å². The van der Waals surface area contributed by atoms with E-state index in [1.807, 2.05) is 0 Å². The molecule has 0 bridgehead atoms. The first-order valence-corrected chi connectivity index (χ1v) is 8.02. The van der Waals surface area contributed by atoms with Crippen molar-refractivity contribution in [1.82, 2.24) is 10.2 Å². The second-order valence-corrected chi connectivity index (χ2v) is 5.99. The molecule has 25 heavy (non-hydrogen) atoms. The summed E-state index contributed by atoms with van der Waals surface area (Å²) >= 11 is 6.00. The largest absolute Gasteiger partial charge is 0.355 e. The van der Waals surface area contributed by atoms with Gasteiger partial charge in [-0.2, -0.15) is 0 Å². The molecule has 0 atom stereocenters. The Morgan fingerprint density at radius 2 is 1.92 bits per heavy atom. The molecule has 0 fully saturated rings. The predicted octanol–water partition coefficient (Wildman–Crippen LogP) is 2.91. The first-order valence-electron chi connectivity index (χ1n) is 7.64. The molecule has 2 aromatic rings. The molecular formula is C18H19ClFN3O2. The third kappa shape index (κ3) is 5.27.